The second-order valence-electron chi connectivity index (χ2n) is 4.70. The largest absolute Gasteiger partial charge is 0.478 e. The van der Waals surface area contributed by atoms with Gasteiger partial charge >= 0.3 is 5.97 Å². The molecule has 0 heterocycles. The molecule has 8 heteroatoms. The van der Waals surface area contributed by atoms with E-state index in [2.05, 4.69) is 5.32 Å². The maximum atomic E-state index is 13.6. The lowest BCUT2D eigenvalue weighted by atomic mass is 9.97. The first-order valence-electron chi connectivity index (χ1n) is 6.41. The average molecular weight is 300 g/mol. The summed E-state index contributed by atoms with van der Waals surface area (Å²) in [6, 6.07) is 1.42. The molecule has 7 nitrogen and oxygen atoms in total. The van der Waals surface area contributed by atoms with Gasteiger partial charge in [0.1, 0.15) is 17.1 Å². The Morgan fingerprint density at radius 1 is 1.43 bits per heavy atom. The Labute approximate surface area is 120 Å². The molecule has 0 spiro atoms. The van der Waals surface area contributed by atoms with Crippen molar-refractivity contribution < 1.29 is 24.3 Å². The molecule has 0 aliphatic rings. The molecule has 0 unspecified atom stereocenters. The zero-order valence-corrected chi connectivity index (χ0v) is 11.7. The Bertz CT molecular complexity index is 558. The van der Waals surface area contributed by atoms with E-state index in [1.807, 2.05) is 0 Å². The molecule has 0 amide bonds. The molecule has 1 aromatic carbocycles. The number of hydrogen-bond donors (Lipinski definition) is 3. The van der Waals surface area contributed by atoms with Gasteiger partial charge in [-0.2, -0.15) is 0 Å². The van der Waals surface area contributed by atoms with Crippen molar-refractivity contribution in [3.63, 3.8) is 0 Å². The lowest BCUT2D eigenvalue weighted by Crippen LogP contribution is -2.35. The normalized spacial score (nSPS) is 11.2. The number of carboxylic acids is 1. The fourth-order valence-corrected chi connectivity index (χ4v) is 1.78. The number of nitrogens with one attached hydrogen (secondary N) is 1. The summed E-state index contributed by atoms with van der Waals surface area (Å²) in [6.07, 6.45) is 0.833. The predicted octanol–water partition coefficient (Wildman–Crippen LogP) is 2.40. The number of aromatic carboxylic acids is 1. The molecule has 1 rings (SSSR count). The molecule has 21 heavy (non-hydrogen) atoms. The maximum Gasteiger partial charge on any atom is 0.338 e. The van der Waals surface area contributed by atoms with Gasteiger partial charge < -0.3 is 15.5 Å². The quantitative estimate of drug-likeness (QED) is 0.526. The van der Waals surface area contributed by atoms with Crippen LogP contribution in [0.3, 0.4) is 0 Å². The van der Waals surface area contributed by atoms with Gasteiger partial charge in [0, 0.05) is 18.7 Å². The first-order valence-corrected chi connectivity index (χ1v) is 6.41. The summed E-state index contributed by atoms with van der Waals surface area (Å²) >= 11 is 0. The van der Waals surface area contributed by atoms with Gasteiger partial charge in [0.05, 0.1) is 10.5 Å². The molecule has 0 atom stereocenters. The second kappa shape index (κ2) is 6.49. The van der Waals surface area contributed by atoms with E-state index in [9.17, 15) is 24.4 Å². The summed E-state index contributed by atoms with van der Waals surface area (Å²) in [7, 11) is 0. The third-order valence-electron chi connectivity index (χ3n) is 3.44. The number of aliphatic hydroxyl groups is 1. The number of halogens is 1. The standard InChI is InChI=1S/C13H17FN2O5/c1-3-13(19,4-2)7-15-10-6-9(14)8(12(17)18)5-11(10)16(20)21/h5-6,15,19H,3-4,7H2,1-2H3,(H,17,18). The van der Waals surface area contributed by atoms with Crippen LogP contribution in [0.2, 0.25) is 0 Å². The topological polar surface area (TPSA) is 113 Å². The number of carbonyl (C=O) groups is 1. The summed E-state index contributed by atoms with van der Waals surface area (Å²) in [5.74, 6) is -2.66. The number of carboxylic acid groups (broad SMARTS) is 1. The van der Waals surface area contributed by atoms with Gasteiger partial charge in [-0.05, 0) is 12.8 Å². The Hall–Kier alpha value is -2.22. The van der Waals surface area contributed by atoms with Crippen LogP contribution in [0.4, 0.5) is 15.8 Å². The van der Waals surface area contributed by atoms with Crippen molar-refractivity contribution in [2.24, 2.45) is 0 Å². The Balaban J connectivity index is 3.15. The lowest BCUT2D eigenvalue weighted by molar-refractivity contribution is -0.384. The smallest absolute Gasteiger partial charge is 0.338 e. The van der Waals surface area contributed by atoms with Gasteiger partial charge in [0.15, 0.2) is 0 Å². The molecular weight excluding hydrogens is 283 g/mol. The van der Waals surface area contributed by atoms with E-state index in [0.717, 1.165) is 6.07 Å². The van der Waals surface area contributed by atoms with Crippen molar-refractivity contribution in [1.29, 1.82) is 0 Å². The molecule has 0 fully saturated rings. The van der Waals surface area contributed by atoms with Gasteiger partial charge in [-0.1, -0.05) is 13.8 Å². The highest BCUT2D eigenvalue weighted by molar-refractivity contribution is 5.90. The number of nitrogens with zero attached hydrogens (tertiary/aromatic N) is 1. The van der Waals surface area contributed by atoms with Crippen LogP contribution in [0, 0.1) is 15.9 Å². The van der Waals surface area contributed by atoms with Crippen LogP contribution in [0.15, 0.2) is 12.1 Å². The number of nitro benzene ring substituents is 1. The summed E-state index contributed by atoms with van der Waals surface area (Å²) in [5.41, 5.74) is -2.56. The summed E-state index contributed by atoms with van der Waals surface area (Å²) in [5, 5.41) is 32.5. The van der Waals surface area contributed by atoms with Gasteiger partial charge in [-0.15, -0.1) is 0 Å². The van der Waals surface area contributed by atoms with E-state index in [1.165, 1.54) is 0 Å². The molecule has 1 aromatic rings. The fraction of sp³-hybridized carbons (Fsp3) is 0.462. The number of nitro groups is 1. The van der Waals surface area contributed by atoms with Crippen LogP contribution in [0.5, 0.6) is 0 Å². The number of hydrogen-bond acceptors (Lipinski definition) is 5. The van der Waals surface area contributed by atoms with E-state index in [1.54, 1.807) is 13.8 Å². The third kappa shape index (κ3) is 3.88. The van der Waals surface area contributed by atoms with Gasteiger partial charge in [-0.3, -0.25) is 10.1 Å². The van der Waals surface area contributed by atoms with Crippen LogP contribution >= 0.6 is 0 Å². The Morgan fingerprint density at radius 3 is 2.43 bits per heavy atom. The first kappa shape index (κ1) is 16.8. The molecule has 0 aromatic heterocycles. The summed E-state index contributed by atoms with van der Waals surface area (Å²) in [4.78, 5) is 21.0. The minimum atomic E-state index is -1.58. The molecule has 0 radical (unpaired) electrons. The molecule has 0 aliphatic carbocycles. The SMILES string of the molecule is CCC(O)(CC)CNc1cc(F)c(C(=O)O)cc1[N+](=O)[O-]. The van der Waals surface area contributed by atoms with E-state index >= 15 is 0 Å². The molecular formula is C13H17FN2O5. The zero-order chi connectivity index (χ0) is 16.2. The van der Waals surface area contributed by atoms with Gasteiger partial charge in [0.25, 0.3) is 5.69 Å². The highest BCUT2D eigenvalue weighted by Gasteiger charge is 2.26. The zero-order valence-electron chi connectivity index (χ0n) is 11.7. The molecule has 0 aliphatic heterocycles. The van der Waals surface area contributed by atoms with Crippen LogP contribution in [-0.2, 0) is 0 Å². The molecule has 0 saturated heterocycles. The van der Waals surface area contributed by atoms with E-state index in [-0.39, 0.29) is 12.2 Å². The Kier molecular flexibility index (Phi) is 5.20. The first-order chi connectivity index (χ1) is 9.74. The highest BCUT2D eigenvalue weighted by atomic mass is 19.1. The Morgan fingerprint density at radius 2 is 2.00 bits per heavy atom. The monoisotopic (exact) mass is 300 g/mol. The van der Waals surface area contributed by atoms with Crippen molar-refractivity contribution in [2.75, 3.05) is 11.9 Å². The summed E-state index contributed by atoms with van der Waals surface area (Å²) < 4.78 is 13.6. The van der Waals surface area contributed by atoms with Gasteiger partial charge in [0.2, 0.25) is 0 Å². The van der Waals surface area contributed by atoms with Crippen LogP contribution in [-0.4, -0.2) is 33.3 Å². The predicted molar refractivity (Wildman–Crippen MR) is 74.0 cm³/mol. The van der Waals surface area contributed by atoms with Gasteiger partial charge in [-0.25, -0.2) is 9.18 Å². The van der Waals surface area contributed by atoms with E-state index < -0.39 is 33.6 Å². The number of anilines is 1. The van der Waals surface area contributed by atoms with E-state index in [4.69, 9.17) is 5.11 Å². The molecule has 0 bridgehead atoms. The molecule has 0 saturated carbocycles. The maximum absolute atomic E-state index is 13.6. The van der Waals surface area contributed by atoms with Crippen LogP contribution < -0.4 is 5.32 Å². The third-order valence-corrected chi connectivity index (χ3v) is 3.44. The minimum absolute atomic E-state index is 0.00724. The van der Waals surface area contributed by atoms with Crippen LogP contribution in [0.25, 0.3) is 0 Å². The molecule has 3 N–H and O–H groups in total. The second-order valence-corrected chi connectivity index (χ2v) is 4.70. The van der Waals surface area contributed by atoms with E-state index in [0.29, 0.717) is 18.9 Å². The fourth-order valence-electron chi connectivity index (χ4n) is 1.78. The lowest BCUT2D eigenvalue weighted by Gasteiger charge is -2.25. The van der Waals surface area contributed by atoms with Crippen molar-refractivity contribution in [1.82, 2.24) is 0 Å². The highest BCUT2D eigenvalue weighted by Crippen LogP contribution is 2.29. The van der Waals surface area contributed by atoms with Crippen molar-refractivity contribution in [3.8, 4) is 0 Å². The summed E-state index contributed by atoms with van der Waals surface area (Å²) in [6.45, 7) is 3.51. The molecule has 116 valence electrons. The van der Waals surface area contributed by atoms with Crippen molar-refractivity contribution >= 4 is 17.3 Å². The number of benzene rings is 1. The van der Waals surface area contributed by atoms with Crippen LogP contribution in [0.1, 0.15) is 37.0 Å². The number of rotatable bonds is 7. The van der Waals surface area contributed by atoms with Crippen molar-refractivity contribution in [2.45, 2.75) is 32.3 Å². The van der Waals surface area contributed by atoms with Crippen molar-refractivity contribution in [3.05, 3.63) is 33.6 Å². The minimum Gasteiger partial charge on any atom is -0.478 e. The average Bonchev–Trinajstić information content (AvgIpc) is 2.44.